The molecular weight excluding hydrogens is 229 g/mol. The lowest BCUT2D eigenvalue weighted by Crippen LogP contribution is -2.41. The van der Waals surface area contributed by atoms with Gasteiger partial charge in [-0.05, 0) is 45.3 Å². The molecule has 0 amide bonds. The molecule has 1 saturated heterocycles. The zero-order chi connectivity index (χ0) is 20.3. The van der Waals surface area contributed by atoms with Crippen LogP contribution in [0.2, 0.25) is 0 Å². The standard InChI is InChI=1S/C13H20BNO3/c1-12(2)13(3,4)18-14(17-12)11-8-10(9-16-5)6-7-15-11/h6-8H,9H2,1-5H3/i5D3,6D,7D,8D,9D2. The maximum Gasteiger partial charge on any atom is 0.514 e. The van der Waals surface area contributed by atoms with Crippen LogP contribution in [0.4, 0.5) is 0 Å². The number of hydrogen-bond donors (Lipinski definition) is 0. The van der Waals surface area contributed by atoms with Gasteiger partial charge in [0.15, 0.2) is 0 Å². The number of aromatic nitrogens is 1. The maximum absolute atomic E-state index is 8.24. The molecular formula is C13H20BNO3. The number of methoxy groups -OCH3 is 1. The van der Waals surface area contributed by atoms with Crippen LogP contribution in [0, 0.1) is 0 Å². The number of pyridine rings is 1. The second-order valence-electron chi connectivity index (χ2n) is 5.03. The summed E-state index contributed by atoms with van der Waals surface area (Å²) in [7, 11) is -4.27. The SMILES string of the molecule is [2H]c1nc(B2OC(C)(C)C(C)(C)O2)c([2H])c(C([2H])([2H])OC([2H])([2H])[2H])c1[2H]. The summed E-state index contributed by atoms with van der Waals surface area (Å²) in [4.78, 5) is 3.83. The van der Waals surface area contributed by atoms with Crippen LogP contribution in [0.3, 0.4) is 0 Å². The van der Waals surface area contributed by atoms with Crippen molar-refractivity contribution in [3.63, 3.8) is 0 Å². The summed E-state index contributed by atoms with van der Waals surface area (Å²) in [5, 5.41) is 0. The Labute approximate surface area is 120 Å². The quantitative estimate of drug-likeness (QED) is 0.770. The molecule has 4 nitrogen and oxygen atoms in total. The van der Waals surface area contributed by atoms with Gasteiger partial charge in [0.25, 0.3) is 0 Å². The van der Waals surface area contributed by atoms with E-state index in [0.29, 0.717) is 0 Å². The molecule has 0 spiro atoms. The normalized spacial score (nSPS) is 29.2. The molecule has 0 atom stereocenters. The predicted molar refractivity (Wildman–Crippen MR) is 70.7 cm³/mol. The molecule has 18 heavy (non-hydrogen) atoms. The third-order valence-electron chi connectivity index (χ3n) is 3.24. The molecule has 1 fully saturated rings. The monoisotopic (exact) mass is 257 g/mol. The Morgan fingerprint density at radius 2 is 2.11 bits per heavy atom. The van der Waals surface area contributed by atoms with Crippen molar-refractivity contribution in [3.05, 3.63) is 23.8 Å². The zero-order valence-electron chi connectivity index (χ0n) is 18.7. The Morgan fingerprint density at radius 3 is 2.72 bits per heavy atom. The Balaban J connectivity index is 2.58. The zero-order valence-corrected chi connectivity index (χ0v) is 10.7. The van der Waals surface area contributed by atoms with Crippen molar-refractivity contribution in [1.82, 2.24) is 4.98 Å². The molecule has 98 valence electrons. The lowest BCUT2D eigenvalue weighted by Gasteiger charge is -2.32. The third kappa shape index (κ3) is 2.43. The molecule has 1 aromatic heterocycles. The van der Waals surface area contributed by atoms with Gasteiger partial charge in [-0.15, -0.1) is 0 Å². The first-order valence-corrected chi connectivity index (χ1v) is 5.52. The molecule has 0 radical (unpaired) electrons. The van der Waals surface area contributed by atoms with Crippen LogP contribution in [0.15, 0.2) is 18.3 Å². The smallest absolute Gasteiger partial charge is 0.398 e. The highest BCUT2D eigenvalue weighted by atomic mass is 16.7. The summed E-state index contributed by atoms with van der Waals surface area (Å²) in [6, 6.07) is -1.33. The highest BCUT2D eigenvalue weighted by Crippen LogP contribution is 2.36. The van der Waals surface area contributed by atoms with Gasteiger partial charge in [-0.3, -0.25) is 4.98 Å². The molecule has 0 unspecified atom stereocenters. The van der Waals surface area contributed by atoms with Crippen molar-refractivity contribution >= 4 is 12.7 Å². The Morgan fingerprint density at radius 1 is 1.44 bits per heavy atom. The van der Waals surface area contributed by atoms with Crippen LogP contribution in [0.5, 0.6) is 0 Å². The van der Waals surface area contributed by atoms with Crippen molar-refractivity contribution in [3.8, 4) is 0 Å². The molecule has 2 heterocycles. The van der Waals surface area contributed by atoms with Gasteiger partial charge >= 0.3 is 7.12 Å². The van der Waals surface area contributed by atoms with Crippen molar-refractivity contribution in [1.29, 1.82) is 0 Å². The predicted octanol–water partition coefficient (Wildman–Crippen LogP) is 1.53. The lowest BCUT2D eigenvalue weighted by atomic mass is 9.83. The molecule has 0 bridgehead atoms. The molecule has 2 rings (SSSR count). The average molecular weight is 257 g/mol. The maximum atomic E-state index is 8.24. The first-order valence-electron chi connectivity index (χ1n) is 9.52. The summed E-state index contributed by atoms with van der Waals surface area (Å²) in [6.45, 7) is 4.09. The molecule has 5 heteroatoms. The molecule has 0 aliphatic carbocycles. The van der Waals surface area contributed by atoms with Gasteiger partial charge in [-0.2, -0.15) is 0 Å². The third-order valence-corrected chi connectivity index (χ3v) is 3.24. The summed E-state index contributed by atoms with van der Waals surface area (Å²) >= 11 is 0. The minimum absolute atomic E-state index is 0.210. The Hall–Kier alpha value is -0.905. The summed E-state index contributed by atoms with van der Waals surface area (Å²) in [5.41, 5.74) is -2.44. The van der Waals surface area contributed by atoms with E-state index in [1.807, 2.05) is 0 Å². The van der Waals surface area contributed by atoms with E-state index in [1.165, 1.54) is 0 Å². The largest absolute Gasteiger partial charge is 0.514 e. The van der Waals surface area contributed by atoms with Gasteiger partial charge < -0.3 is 14.0 Å². The van der Waals surface area contributed by atoms with Crippen molar-refractivity contribution in [2.75, 3.05) is 7.04 Å². The number of nitrogens with zero attached hydrogens (tertiary/aromatic N) is 1. The van der Waals surface area contributed by atoms with E-state index in [1.54, 1.807) is 27.7 Å². The van der Waals surface area contributed by atoms with Crippen LogP contribution in [-0.2, 0) is 20.6 Å². The second kappa shape index (κ2) is 4.65. The van der Waals surface area contributed by atoms with Gasteiger partial charge in [0, 0.05) is 13.2 Å². The van der Waals surface area contributed by atoms with Gasteiger partial charge in [-0.25, -0.2) is 0 Å². The van der Waals surface area contributed by atoms with Crippen LogP contribution in [-0.4, -0.2) is 30.3 Å². The van der Waals surface area contributed by atoms with Crippen LogP contribution in [0.1, 0.15) is 44.2 Å². The van der Waals surface area contributed by atoms with E-state index in [4.69, 9.17) is 20.3 Å². The fourth-order valence-electron chi connectivity index (χ4n) is 1.50. The fraction of sp³-hybridized carbons (Fsp3) is 0.615. The number of ether oxygens (including phenoxy) is 1. The summed E-state index contributed by atoms with van der Waals surface area (Å²) < 4.78 is 76.9. The van der Waals surface area contributed by atoms with E-state index < -0.39 is 55.7 Å². The Kier molecular flexibility index (Phi) is 1.68. The highest BCUT2D eigenvalue weighted by Gasteiger charge is 2.52. The van der Waals surface area contributed by atoms with Crippen molar-refractivity contribution < 1.29 is 25.0 Å². The second-order valence-corrected chi connectivity index (χ2v) is 5.03. The molecule has 1 aliphatic heterocycles. The van der Waals surface area contributed by atoms with E-state index in [2.05, 4.69) is 9.72 Å². The molecule has 1 aromatic rings. The Bertz CT molecular complexity index is 706. The molecule has 0 saturated carbocycles. The van der Waals surface area contributed by atoms with E-state index in [-0.39, 0.29) is 5.59 Å². The van der Waals surface area contributed by atoms with Crippen LogP contribution < -0.4 is 5.59 Å². The highest BCUT2D eigenvalue weighted by molar-refractivity contribution is 6.61. The minimum Gasteiger partial charge on any atom is -0.398 e. The minimum atomic E-state index is -3.10. The van der Waals surface area contributed by atoms with Gasteiger partial charge in [0.2, 0.25) is 0 Å². The molecule has 0 N–H and O–H groups in total. The lowest BCUT2D eigenvalue weighted by molar-refractivity contribution is 0.00578. The molecule has 1 aliphatic rings. The van der Waals surface area contributed by atoms with E-state index in [9.17, 15) is 0 Å². The molecule has 0 aromatic carbocycles. The van der Waals surface area contributed by atoms with Crippen LogP contribution >= 0.6 is 0 Å². The van der Waals surface area contributed by atoms with Crippen LogP contribution in [0.25, 0.3) is 0 Å². The van der Waals surface area contributed by atoms with E-state index >= 15 is 0 Å². The van der Waals surface area contributed by atoms with Gasteiger partial charge in [0.05, 0.1) is 34.3 Å². The first kappa shape index (κ1) is 6.50. The van der Waals surface area contributed by atoms with Gasteiger partial charge in [-0.1, -0.05) is 0 Å². The van der Waals surface area contributed by atoms with Crippen molar-refractivity contribution in [2.24, 2.45) is 0 Å². The van der Waals surface area contributed by atoms with E-state index in [0.717, 1.165) is 0 Å². The number of hydrogen-bond acceptors (Lipinski definition) is 4. The summed E-state index contributed by atoms with van der Waals surface area (Å²) in [6.07, 6.45) is -0.640. The fourth-order valence-corrected chi connectivity index (χ4v) is 1.50. The topological polar surface area (TPSA) is 40.6 Å². The van der Waals surface area contributed by atoms with Gasteiger partial charge in [0.1, 0.15) is 0 Å². The van der Waals surface area contributed by atoms with Crippen molar-refractivity contribution in [2.45, 2.75) is 45.5 Å². The summed E-state index contributed by atoms with van der Waals surface area (Å²) in [5.74, 6) is 0. The number of rotatable bonds is 3. The first-order chi connectivity index (χ1) is 11.5. The average Bonchev–Trinajstić information content (AvgIpc) is 2.59.